The van der Waals surface area contributed by atoms with E-state index in [0.717, 1.165) is 63.6 Å². The van der Waals surface area contributed by atoms with Crippen molar-refractivity contribution in [3.8, 4) is 0 Å². The summed E-state index contributed by atoms with van der Waals surface area (Å²) in [6.07, 6.45) is 5.71. The lowest BCUT2D eigenvalue weighted by atomic mass is 10.00. The van der Waals surface area contributed by atoms with Crippen molar-refractivity contribution in [2.45, 2.75) is 43.9 Å². The summed E-state index contributed by atoms with van der Waals surface area (Å²) in [5.74, 6) is 0.280. The lowest BCUT2D eigenvalue weighted by Crippen LogP contribution is -2.45. The Hall–Kier alpha value is -1.02. The summed E-state index contributed by atoms with van der Waals surface area (Å²) in [6.45, 7) is 5.70. The first-order chi connectivity index (χ1) is 11.7. The summed E-state index contributed by atoms with van der Waals surface area (Å²) < 4.78 is 12.3. The minimum absolute atomic E-state index is 0.149. The molecule has 2 atom stereocenters. The van der Waals surface area contributed by atoms with Crippen LogP contribution in [-0.4, -0.2) is 71.8 Å². The van der Waals surface area contributed by atoms with Crippen molar-refractivity contribution < 1.29 is 14.3 Å². The van der Waals surface area contributed by atoms with E-state index in [2.05, 4.69) is 9.88 Å². The highest BCUT2D eigenvalue weighted by molar-refractivity contribution is 7.09. The summed E-state index contributed by atoms with van der Waals surface area (Å²) in [5, 5.41) is 3.17. The second-order valence-corrected chi connectivity index (χ2v) is 8.07. The summed E-state index contributed by atoms with van der Waals surface area (Å²) >= 11 is 1.70. The highest BCUT2D eigenvalue weighted by Gasteiger charge is 2.44. The van der Waals surface area contributed by atoms with Gasteiger partial charge in [0.2, 0.25) is 5.91 Å². The molecular weight excluding hydrogens is 326 g/mol. The van der Waals surface area contributed by atoms with Gasteiger partial charge in [0.1, 0.15) is 10.6 Å². The van der Waals surface area contributed by atoms with Crippen molar-refractivity contribution in [3.63, 3.8) is 0 Å². The Morgan fingerprint density at radius 1 is 1.42 bits per heavy atom. The van der Waals surface area contributed by atoms with E-state index in [-0.39, 0.29) is 17.6 Å². The predicted molar refractivity (Wildman–Crippen MR) is 90.9 cm³/mol. The van der Waals surface area contributed by atoms with Gasteiger partial charge in [-0.1, -0.05) is 0 Å². The van der Waals surface area contributed by atoms with Crippen LogP contribution in [0.3, 0.4) is 0 Å². The molecule has 2 unspecified atom stereocenters. The first-order valence-electron chi connectivity index (χ1n) is 8.87. The molecule has 0 radical (unpaired) electrons. The average molecular weight is 351 g/mol. The molecule has 24 heavy (non-hydrogen) atoms. The van der Waals surface area contributed by atoms with Crippen LogP contribution in [0, 0.1) is 0 Å². The maximum atomic E-state index is 11.8. The third kappa shape index (κ3) is 3.64. The van der Waals surface area contributed by atoms with Gasteiger partial charge in [0.15, 0.2) is 0 Å². The Balaban J connectivity index is 1.37. The molecule has 6 nitrogen and oxygen atoms in total. The van der Waals surface area contributed by atoms with E-state index in [1.165, 1.54) is 0 Å². The maximum absolute atomic E-state index is 11.8. The molecule has 132 valence electrons. The zero-order valence-corrected chi connectivity index (χ0v) is 14.8. The Morgan fingerprint density at radius 2 is 2.38 bits per heavy atom. The zero-order valence-electron chi connectivity index (χ0n) is 14.0. The number of thiazole rings is 1. The molecule has 7 heteroatoms. The second-order valence-electron chi connectivity index (χ2n) is 7.09. The van der Waals surface area contributed by atoms with Crippen molar-refractivity contribution in [1.29, 1.82) is 0 Å². The zero-order chi connectivity index (χ0) is 16.4. The molecule has 3 aliphatic rings. The van der Waals surface area contributed by atoms with Crippen LogP contribution in [0.4, 0.5) is 0 Å². The molecule has 3 fully saturated rings. The minimum Gasteiger partial charge on any atom is -0.377 e. The number of nitrogens with zero attached hydrogens (tertiary/aromatic N) is 3. The Kier molecular flexibility index (Phi) is 4.85. The van der Waals surface area contributed by atoms with Crippen LogP contribution in [0.5, 0.6) is 0 Å². The van der Waals surface area contributed by atoms with Gasteiger partial charge >= 0.3 is 0 Å². The number of carbonyl (C=O) groups excluding carboxylic acids is 1. The fraction of sp³-hybridized carbons (Fsp3) is 0.765. The molecule has 1 amide bonds. The van der Waals surface area contributed by atoms with Gasteiger partial charge in [-0.05, 0) is 19.3 Å². The molecule has 1 spiro atoms. The second kappa shape index (κ2) is 7.07. The molecule has 0 bridgehead atoms. The number of ether oxygens (including phenoxy) is 2. The van der Waals surface area contributed by atoms with Crippen LogP contribution in [0.25, 0.3) is 0 Å². The third-order valence-electron chi connectivity index (χ3n) is 5.21. The third-order valence-corrected chi connectivity index (χ3v) is 5.97. The fourth-order valence-electron chi connectivity index (χ4n) is 4.03. The van der Waals surface area contributed by atoms with Crippen molar-refractivity contribution in [3.05, 3.63) is 16.6 Å². The van der Waals surface area contributed by atoms with Crippen molar-refractivity contribution in [2.24, 2.45) is 0 Å². The molecule has 3 saturated heterocycles. The van der Waals surface area contributed by atoms with Gasteiger partial charge in [0.05, 0.1) is 25.9 Å². The number of likely N-dealkylation sites (tertiary alicyclic amines) is 1. The SMILES string of the molecule is O=C1CCCN1CC1CCC2(COCCN(Cc3nccs3)C2)O1. The molecule has 3 aliphatic heterocycles. The summed E-state index contributed by atoms with van der Waals surface area (Å²) in [4.78, 5) is 20.6. The average Bonchev–Trinajstić information content (AvgIpc) is 3.26. The molecule has 0 aliphatic carbocycles. The maximum Gasteiger partial charge on any atom is 0.222 e. The molecule has 1 aromatic rings. The van der Waals surface area contributed by atoms with Gasteiger partial charge in [0.25, 0.3) is 0 Å². The molecule has 0 aromatic carbocycles. The number of hydrogen-bond acceptors (Lipinski definition) is 6. The van der Waals surface area contributed by atoms with Crippen molar-refractivity contribution in [1.82, 2.24) is 14.8 Å². The van der Waals surface area contributed by atoms with Gasteiger partial charge < -0.3 is 14.4 Å². The smallest absolute Gasteiger partial charge is 0.222 e. The molecule has 1 aromatic heterocycles. The highest BCUT2D eigenvalue weighted by Crippen LogP contribution is 2.34. The Labute approximate surface area is 146 Å². The summed E-state index contributed by atoms with van der Waals surface area (Å²) in [6, 6.07) is 0. The van der Waals surface area contributed by atoms with E-state index >= 15 is 0 Å². The number of carbonyl (C=O) groups is 1. The Morgan fingerprint density at radius 3 is 3.17 bits per heavy atom. The van der Waals surface area contributed by atoms with E-state index in [1.807, 2.05) is 16.5 Å². The van der Waals surface area contributed by atoms with E-state index in [0.29, 0.717) is 13.0 Å². The number of hydrogen-bond donors (Lipinski definition) is 0. The standard InChI is InChI=1S/C17H25N3O3S/c21-16-2-1-6-20(16)10-14-3-4-17(23-14)12-19(7-8-22-13-17)11-15-18-5-9-24-15/h5,9,14H,1-4,6-8,10-13H2. The van der Waals surface area contributed by atoms with Crippen LogP contribution in [0.2, 0.25) is 0 Å². The first-order valence-corrected chi connectivity index (χ1v) is 9.74. The topological polar surface area (TPSA) is 54.9 Å². The molecular formula is C17H25N3O3S. The van der Waals surface area contributed by atoms with Crippen LogP contribution < -0.4 is 0 Å². The van der Waals surface area contributed by atoms with Crippen molar-refractivity contribution in [2.75, 3.05) is 39.4 Å². The largest absolute Gasteiger partial charge is 0.377 e. The van der Waals surface area contributed by atoms with Crippen LogP contribution >= 0.6 is 11.3 Å². The number of aromatic nitrogens is 1. The predicted octanol–water partition coefficient (Wildman–Crippen LogP) is 1.52. The van der Waals surface area contributed by atoms with Crippen LogP contribution in [0.1, 0.15) is 30.7 Å². The van der Waals surface area contributed by atoms with Crippen LogP contribution in [-0.2, 0) is 20.8 Å². The van der Waals surface area contributed by atoms with Gasteiger partial charge in [-0.3, -0.25) is 9.69 Å². The van der Waals surface area contributed by atoms with E-state index < -0.39 is 0 Å². The van der Waals surface area contributed by atoms with Gasteiger partial charge in [-0.2, -0.15) is 0 Å². The highest BCUT2D eigenvalue weighted by atomic mass is 32.1. The molecule has 4 heterocycles. The number of amides is 1. The van der Waals surface area contributed by atoms with Gasteiger partial charge in [-0.25, -0.2) is 4.98 Å². The van der Waals surface area contributed by atoms with Crippen molar-refractivity contribution >= 4 is 17.2 Å². The first kappa shape index (κ1) is 16.4. The van der Waals surface area contributed by atoms with Gasteiger partial charge in [0, 0.05) is 44.2 Å². The summed E-state index contributed by atoms with van der Waals surface area (Å²) in [5.41, 5.74) is -0.221. The quantitative estimate of drug-likeness (QED) is 0.823. The lowest BCUT2D eigenvalue weighted by Gasteiger charge is -2.32. The Bertz CT molecular complexity index is 567. The van der Waals surface area contributed by atoms with Gasteiger partial charge in [-0.15, -0.1) is 11.3 Å². The summed E-state index contributed by atoms with van der Waals surface area (Å²) in [7, 11) is 0. The van der Waals surface area contributed by atoms with E-state index in [9.17, 15) is 4.79 Å². The van der Waals surface area contributed by atoms with E-state index in [4.69, 9.17) is 9.47 Å². The lowest BCUT2D eigenvalue weighted by molar-refractivity contribution is -0.132. The molecule has 4 rings (SSSR count). The van der Waals surface area contributed by atoms with Crippen LogP contribution in [0.15, 0.2) is 11.6 Å². The minimum atomic E-state index is -0.221. The molecule has 0 N–H and O–H groups in total. The monoisotopic (exact) mass is 351 g/mol. The van der Waals surface area contributed by atoms with E-state index in [1.54, 1.807) is 11.3 Å². The fourth-order valence-corrected chi connectivity index (χ4v) is 4.69. The number of rotatable bonds is 4. The molecule has 0 saturated carbocycles. The normalized spacial score (nSPS) is 31.9.